The van der Waals surface area contributed by atoms with E-state index in [2.05, 4.69) is 0 Å². The number of rotatable bonds is 4. The third kappa shape index (κ3) is 8.19. The number of hydrogen-bond donors (Lipinski definition) is 2. The molecule has 4 nitrogen and oxygen atoms in total. The van der Waals surface area contributed by atoms with Gasteiger partial charge in [0.2, 0.25) is 0 Å². The summed E-state index contributed by atoms with van der Waals surface area (Å²) in [6.45, 7) is 2.92. The van der Waals surface area contributed by atoms with E-state index in [9.17, 15) is 19.8 Å². The van der Waals surface area contributed by atoms with E-state index in [-0.39, 0.29) is 53.0 Å². The van der Waals surface area contributed by atoms with Gasteiger partial charge in [0.15, 0.2) is 0 Å². The summed E-state index contributed by atoms with van der Waals surface area (Å²) in [5, 5.41) is 18.6. The summed E-state index contributed by atoms with van der Waals surface area (Å²) in [6, 6.07) is 0. The molecule has 0 aliphatic heterocycles. The summed E-state index contributed by atoms with van der Waals surface area (Å²) in [5.41, 5.74) is 1.47. The summed E-state index contributed by atoms with van der Waals surface area (Å²) in [4.78, 5) is 21.1. The maximum absolute atomic E-state index is 10.6. The number of Topliss-reactive ketones (excluding diaryl/α,β-unsaturated/α-hetero) is 2. The van der Waals surface area contributed by atoms with E-state index in [4.69, 9.17) is 0 Å². The van der Waals surface area contributed by atoms with Crippen molar-refractivity contribution in [2.24, 2.45) is 0 Å². The molecule has 0 atom stereocenters. The van der Waals surface area contributed by atoms with Gasteiger partial charge in [0.25, 0.3) is 0 Å². The van der Waals surface area contributed by atoms with Crippen molar-refractivity contribution in [3.05, 3.63) is 71.3 Å². The van der Waals surface area contributed by atoms with Crippen LogP contribution in [0, 0.1) is 0 Å². The Kier molecular flexibility index (Phi) is 9.63. The normalized spacial score (nSPS) is 13.5. The van der Waals surface area contributed by atoms with E-state index in [1.165, 1.54) is 13.8 Å². The van der Waals surface area contributed by atoms with Crippen LogP contribution >= 0.6 is 0 Å². The van der Waals surface area contributed by atoms with Crippen molar-refractivity contribution in [1.29, 1.82) is 0 Å². The fraction of sp³-hybridized carbons (Fsp3) is 0.222. The van der Waals surface area contributed by atoms with Gasteiger partial charge in [-0.05, 0) is 13.8 Å². The minimum atomic E-state index is -0.0244. The summed E-state index contributed by atoms with van der Waals surface area (Å²) >= 11 is 0. The van der Waals surface area contributed by atoms with Crippen LogP contribution in [0.25, 0.3) is 0 Å². The molecule has 0 saturated carbocycles. The number of carbonyl (C=O) groups excluding carboxylic acids is 2. The second kappa shape index (κ2) is 10.6. The number of allylic oxidation sites excluding steroid dienone is 12. The van der Waals surface area contributed by atoms with Crippen molar-refractivity contribution in [3.63, 3.8) is 0 Å². The number of aliphatic hydroxyl groups is 2. The van der Waals surface area contributed by atoms with Gasteiger partial charge in [-0.25, -0.2) is 0 Å². The molecular weight excluding hydrogens is 336 g/mol. The maximum atomic E-state index is 10.6. The Morgan fingerprint density at radius 3 is 1.22 bits per heavy atom. The quantitative estimate of drug-likeness (QED) is 0.594. The molecule has 0 unspecified atom stereocenters. The van der Waals surface area contributed by atoms with Crippen LogP contribution in [0.3, 0.4) is 0 Å². The minimum Gasteiger partial charge on any atom is -0.511 e. The standard InChI is InChI=1S/2C9H10O2.Fe/c2*1-7(10)6-9(11)8-4-2-3-5-8;/h2*2-5,11H,6H2,1H3;. The van der Waals surface area contributed by atoms with E-state index in [0.29, 0.717) is 0 Å². The Balaban J connectivity index is 0.000000403. The molecule has 23 heavy (non-hydrogen) atoms. The fourth-order valence-corrected chi connectivity index (χ4v) is 1.81. The number of ketones is 2. The Hall–Kier alpha value is -2.10. The molecule has 0 radical (unpaired) electrons. The molecule has 0 aromatic rings. The largest absolute Gasteiger partial charge is 0.511 e. The molecule has 0 saturated heterocycles. The second-order valence-electron chi connectivity index (χ2n) is 5.00. The Morgan fingerprint density at radius 2 is 1.00 bits per heavy atom. The van der Waals surface area contributed by atoms with Crippen LogP contribution in [0.1, 0.15) is 26.7 Å². The van der Waals surface area contributed by atoms with Gasteiger partial charge in [-0.3, -0.25) is 9.59 Å². The third-order valence-corrected chi connectivity index (χ3v) is 2.82. The minimum absolute atomic E-state index is 0. The van der Waals surface area contributed by atoms with Crippen LogP contribution < -0.4 is 0 Å². The van der Waals surface area contributed by atoms with Crippen molar-refractivity contribution in [1.82, 2.24) is 0 Å². The zero-order valence-corrected chi connectivity index (χ0v) is 14.2. The SMILES string of the molecule is CC(=O)CC(O)=C1C=CC=C1.CC(=O)CC(O)=C1C=CC=C1.[Fe]. The van der Waals surface area contributed by atoms with E-state index < -0.39 is 0 Å². The molecule has 2 aliphatic carbocycles. The molecular formula is C18H20FeO4. The molecule has 0 heterocycles. The first-order valence-corrected chi connectivity index (χ1v) is 6.92. The Labute approximate surface area is 146 Å². The van der Waals surface area contributed by atoms with Crippen LogP contribution in [-0.2, 0) is 26.7 Å². The molecule has 5 heteroatoms. The molecule has 124 valence electrons. The topological polar surface area (TPSA) is 74.6 Å². The summed E-state index contributed by atoms with van der Waals surface area (Å²) in [5.74, 6) is 0.261. The maximum Gasteiger partial charge on any atom is 0.137 e. The van der Waals surface area contributed by atoms with Gasteiger partial charge in [-0.15, -0.1) is 0 Å². The molecule has 2 rings (SSSR count). The van der Waals surface area contributed by atoms with Gasteiger partial charge in [0.1, 0.15) is 23.1 Å². The molecule has 0 bridgehead atoms. The first-order chi connectivity index (χ1) is 10.4. The Bertz CT molecular complexity index is 547. The van der Waals surface area contributed by atoms with Crippen LogP contribution in [0.4, 0.5) is 0 Å². The third-order valence-electron chi connectivity index (χ3n) is 2.82. The summed E-state index contributed by atoms with van der Waals surface area (Å²) < 4.78 is 0. The monoisotopic (exact) mass is 356 g/mol. The molecule has 0 spiro atoms. The van der Waals surface area contributed by atoms with Crippen LogP contribution in [-0.4, -0.2) is 21.8 Å². The zero-order chi connectivity index (χ0) is 16.5. The predicted molar refractivity (Wildman–Crippen MR) is 86.5 cm³/mol. The van der Waals surface area contributed by atoms with Gasteiger partial charge in [0.05, 0.1) is 12.8 Å². The molecule has 0 aromatic heterocycles. The smallest absolute Gasteiger partial charge is 0.137 e. The number of hydrogen-bond acceptors (Lipinski definition) is 4. The van der Waals surface area contributed by atoms with Crippen LogP contribution in [0.15, 0.2) is 71.3 Å². The van der Waals surface area contributed by atoms with Crippen molar-refractivity contribution in [2.45, 2.75) is 26.7 Å². The molecule has 2 N–H and O–H groups in total. The summed E-state index contributed by atoms with van der Waals surface area (Å²) in [6.07, 6.45) is 14.7. The average Bonchev–Trinajstić information content (AvgIpc) is 3.12. The van der Waals surface area contributed by atoms with Crippen LogP contribution in [0.2, 0.25) is 0 Å². The predicted octanol–water partition coefficient (Wildman–Crippen LogP) is 3.80. The van der Waals surface area contributed by atoms with E-state index >= 15 is 0 Å². The molecule has 0 fully saturated rings. The van der Waals surface area contributed by atoms with Gasteiger partial charge in [-0.1, -0.05) is 48.6 Å². The second-order valence-corrected chi connectivity index (χ2v) is 5.00. The van der Waals surface area contributed by atoms with Gasteiger partial charge in [0, 0.05) is 28.2 Å². The number of carbonyl (C=O) groups is 2. The molecule has 2 aliphatic rings. The molecule has 0 amide bonds. The van der Waals surface area contributed by atoms with Gasteiger partial charge < -0.3 is 10.2 Å². The molecule has 0 aromatic carbocycles. The first-order valence-electron chi connectivity index (χ1n) is 6.92. The van der Waals surface area contributed by atoms with E-state index in [0.717, 1.165) is 11.1 Å². The van der Waals surface area contributed by atoms with Crippen LogP contribution in [0.5, 0.6) is 0 Å². The van der Waals surface area contributed by atoms with Crippen molar-refractivity contribution in [2.75, 3.05) is 0 Å². The Morgan fingerprint density at radius 1 is 0.739 bits per heavy atom. The number of aliphatic hydroxyl groups excluding tert-OH is 2. The van der Waals surface area contributed by atoms with Gasteiger partial charge in [-0.2, -0.15) is 0 Å². The average molecular weight is 356 g/mol. The van der Waals surface area contributed by atoms with E-state index in [1.807, 2.05) is 24.3 Å². The summed E-state index contributed by atoms with van der Waals surface area (Å²) in [7, 11) is 0. The first kappa shape index (κ1) is 20.9. The van der Waals surface area contributed by atoms with Crippen molar-refractivity contribution in [3.8, 4) is 0 Å². The van der Waals surface area contributed by atoms with Crippen molar-refractivity contribution >= 4 is 11.6 Å². The van der Waals surface area contributed by atoms with E-state index in [1.54, 1.807) is 24.3 Å². The zero-order valence-electron chi connectivity index (χ0n) is 13.1. The van der Waals surface area contributed by atoms with Crippen molar-refractivity contribution < 1.29 is 36.9 Å². The fourth-order valence-electron chi connectivity index (χ4n) is 1.81. The van der Waals surface area contributed by atoms with Gasteiger partial charge >= 0.3 is 0 Å².